The highest BCUT2D eigenvalue weighted by molar-refractivity contribution is 7.89. The molecule has 182 valence electrons. The highest BCUT2D eigenvalue weighted by atomic mass is 32.2. The molecule has 34 heavy (non-hydrogen) atoms. The number of benzene rings is 1. The van der Waals surface area contributed by atoms with Crippen molar-refractivity contribution in [1.29, 1.82) is 0 Å². The Balaban J connectivity index is 1.51. The molecule has 0 bridgehead atoms. The number of nitrogens with one attached hydrogen (secondary N) is 1. The van der Waals surface area contributed by atoms with Gasteiger partial charge in [0.2, 0.25) is 10.0 Å². The van der Waals surface area contributed by atoms with Crippen LogP contribution in [0.15, 0.2) is 35.2 Å². The lowest BCUT2D eigenvalue weighted by Gasteiger charge is -2.33. The van der Waals surface area contributed by atoms with Crippen LogP contribution in [0.3, 0.4) is 0 Å². The summed E-state index contributed by atoms with van der Waals surface area (Å²) in [5.41, 5.74) is 5.13. The van der Waals surface area contributed by atoms with Crippen molar-refractivity contribution in [1.82, 2.24) is 29.6 Å². The van der Waals surface area contributed by atoms with Crippen LogP contribution in [0.2, 0.25) is 0 Å². The van der Waals surface area contributed by atoms with Crippen LogP contribution in [-0.2, 0) is 10.0 Å². The third-order valence-electron chi connectivity index (χ3n) is 6.80. The number of hydrogen-bond donors (Lipinski definition) is 1. The van der Waals surface area contributed by atoms with Crippen LogP contribution >= 0.6 is 0 Å². The third kappa shape index (κ3) is 5.06. The highest BCUT2D eigenvalue weighted by Gasteiger charge is 2.26. The van der Waals surface area contributed by atoms with Crippen molar-refractivity contribution in [3.63, 3.8) is 0 Å². The van der Waals surface area contributed by atoms with Crippen LogP contribution in [0.25, 0.3) is 17.1 Å². The van der Waals surface area contributed by atoms with Crippen molar-refractivity contribution >= 4 is 10.0 Å². The van der Waals surface area contributed by atoms with Crippen LogP contribution < -0.4 is 4.72 Å². The molecule has 1 aliphatic rings. The van der Waals surface area contributed by atoms with Gasteiger partial charge in [-0.05, 0) is 83.3 Å². The number of hydrogen-bond acceptors (Lipinski definition) is 6. The number of likely N-dealkylation sites (tertiary alicyclic amines) is 1. The molecule has 0 spiro atoms. The molecule has 1 atom stereocenters. The van der Waals surface area contributed by atoms with Crippen LogP contribution in [0.1, 0.15) is 48.7 Å². The second kappa shape index (κ2) is 9.93. The smallest absolute Gasteiger partial charge is 0.244 e. The summed E-state index contributed by atoms with van der Waals surface area (Å²) in [5, 5.41) is 13.2. The first-order valence-electron chi connectivity index (χ1n) is 11.9. The summed E-state index contributed by atoms with van der Waals surface area (Å²) in [5.74, 6) is 0.483. The van der Waals surface area contributed by atoms with Crippen LogP contribution in [0.4, 0.5) is 0 Å². The Morgan fingerprint density at radius 3 is 2.50 bits per heavy atom. The molecule has 0 unspecified atom stereocenters. The van der Waals surface area contributed by atoms with Crippen LogP contribution in [0.5, 0.6) is 0 Å². The maximum Gasteiger partial charge on any atom is 0.244 e. The van der Waals surface area contributed by atoms with Gasteiger partial charge in [-0.1, -0.05) is 18.6 Å². The van der Waals surface area contributed by atoms with Crippen LogP contribution in [0, 0.1) is 27.7 Å². The average Bonchev–Trinajstić information content (AvgIpc) is 3.11. The fourth-order valence-electron chi connectivity index (χ4n) is 4.62. The monoisotopic (exact) mass is 482 g/mol. The number of piperidine rings is 1. The lowest BCUT2D eigenvalue weighted by molar-refractivity contribution is 0.164. The topological polar surface area (TPSA) is 93.0 Å². The Morgan fingerprint density at radius 1 is 1.03 bits per heavy atom. The first-order chi connectivity index (χ1) is 16.2. The molecule has 2 aromatic heterocycles. The number of aryl methyl sites for hydroxylation is 3. The molecular weight excluding hydrogens is 448 g/mol. The van der Waals surface area contributed by atoms with E-state index in [9.17, 15) is 8.42 Å². The van der Waals surface area contributed by atoms with E-state index in [0.717, 1.165) is 17.8 Å². The molecule has 8 nitrogen and oxygen atoms in total. The van der Waals surface area contributed by atoms with Gasteiger partial charge in [-0.15, -0.1) is 10.2 Å². The molecule has 1 N–H and O–H groups in total. The van der Waals surface area contributed by atoms with Gasteiger partial charge in [-0.3, -0.25) is 4.90 Å². The molecule has 4 rings (SSSR count). The van der Waals surface area contributed by atoms with Crippen LogP contribution in [-0.4, -0.2) is 59.0 Å². The minimum Gasteiger partial charge on any atom is -0.299 e. The van der Waals surface area contributed by atoms with Gasteiger partial charge in [0, 0.05) is 24.7 Å². The molecule has 1 fully saturated rings. The molecule has 3 heterocycles. The van der Waals surface area contributed by atoms with Crippen molar-refractivity contribution < 1.29 is 8.42 Å². The summed E-state index contributed by atoms with van der Waals surface area (Å²) in [7, 11) is -3.70. The van der Waals surface area contributed by atoms with Gasteiger partial charge in [-0.25, -0.2) is 17.8 Å². The fourth-order valence-corrected chi connectivity index (χ4v) is 6.03. The predicted molar refractivity (Wildman–Crippen MR) is 134 cm³/mol. The number of sulfonamides is 1. The summed E-state index contributed by atoms with van der Waals surface area (Å²) in [6.45, 7) is 11.9. The van der Waals surface area contributed by atoms with Crippen molar-refractivity contribution in [2.45, 2.75) is 64.8 Å². The van der Waals surface area contributed by atoms with Crippen molar-refractivity contribution in [2.24, 2.45) is 0 Å². The summed E-state index contributed by atoms with van der Waals surface area (Å²) >= 11 is 0. The molecule has 1 aliphatic heterocycles. The molecule has 1 aromatic carbocycles. The van der Waals surface area contributed by atoms with Gasteiger partial charge in [0.05, 0.1) is 17.1 Å². The lowest BCUT2D eigenvalue weighted by atomic mass is 10.0. The molecule has 0 radical (unpaired) electrons. The molecule has 3 aromatic rings. The second-order valence-corrected chi connectivity index (χ2v) is 11.0. The Kier molecular flexibility index (Phi) is 7.16. The van der Waals surface area contributed by atoms with Crippen molar-refractivity contribution in [2.75, 3.05) is 19.6 Å². The fraction of sp³-hybridized carbons (Fsp3) is 0.480. The Bertz CT molecular complexity index is 1270. The Morgan fingerprint density at radius 2 is 1.82 bits per heavy atom. The first kappa shape index (κ1) is 24.5. The molecule has 0 amide bonds. The van der Waals surface area contributed by atoms with E-state index < -0.39 is 10.0 Å². The SMILES string of the molecule is Cc1ccc(-c2ccc(-n3nc(C)c(S(=O)(=O)NCCN4CCCC[C@H]4C)c3C)nn2)cc1C. The van der Waals surface area contributed by atoms with Crippen molar-refractivity contribution in [3.8, 4) is 17.1 Å². The summed E-state index contributed by atoms with van der Waals surface area (Å²) < 4.78 is 30.6. The molecule has 0 saturated carbocycles. The zero-order valence-electron chi connectivity index (χ0n) is 20.7. The number of aromatic nitrogens is 4. The Labute approximate surface area is 202 Å². The van der Waals surface area contributed by atoms with E-state index in [2.05, 4.69) is 57.8 Å². The van der Waals surface area contributed by atoms with E-state index >= 15 is 0 Å². The predicted octanol–water partition coefficient (Wildman–Crippen LogP) is 3.72. The van der Waals surface area contributed by atoms with Crippen molar-refractivity contribution in [3.05, 3.63) is 52.8 Å². The van der Waals surface area contributed by atoms with Gasteiger partial charge in [-0.2, -0.15) is 5.10 Å². The van der Waals surface area contributed by atoms with Gasteiger partial charge in [0.1, 0.15) is 4.90 Å². The van der Waals surface area contributed by atoms with E-state index in [1.807, 2.05) is 18.2 Å². The van der Waals surface area contributed by atoms with Gasteiger partial charge >= 0.3 is 0 Å². The minimum absolute atomic E-state index is 0.208. The van der Waals surface area contributed by atoms with E-state index in [1.165, 1.54) is 30.4 Å². The van der Waals surface area contributed by atoms with E-state index in [0.29, 0.717) is 36.3 Å². The van der Waals surface area contributed by atoms with Gasteiger partial charge in [0.25, 0.3) is 0 Å². The summed E-state index contributed by atoms with van der Waals surface area (Å²) in [6, 6.07) is 10.4. The standard InChI is InChI=1S/C25H34N6O2S/c1-17-9-10-22(16-18(17)2)23-11-12-24(28-27-23)31-21(5)25(20(4)29-31)34(32,33)26-13-15-30-14-7-6-8-19(30)3/h9-12,16,19,26H,6-8,13-15H2,1-5H3/t19-/m1/s1. The van der Waals surface area contributed by atoms with E-state index in [1.54, 1.807) is 18.5 Å². The molecule has 9 heteroatoms. The maximum atomic E-state index is 13.1. The summed E-state index contributed by atoms with van der Waals surface area (Å²) in [6.07, 6.45) is 3.59. The van der Waals surface area contributed by atoms with Gasteiger partial charge in [0.15, 0.2) is 5.82 Å². The van der Waals surface area contributed by atoms with Gasteiger partial charge < -0.3 is 0 Å². The molecular formula is C25H34N6O2S. The zero-order valence-corrected chi connectivity index (χ0v) is 21.5. The van der Waals surface area contributed by atoms with E-state index in [-0.39, 0.29) is 4.90 Å². The highest BCUT2D eigenvalue weighted by Crippen LogP contribution is 2.24. The minimum atomic E-state index is -3.70. The first-order valence-corrected chi connectivity index (χ1v) is 13.4. The maximum absolute atomic E-state index is 13.1. The normalized spacial score (nSPS) is 17.3. The number of nitrogens with zero attached hydrogens (tertiary/aromatic N) is 5. The average molecular weight is 483 g/mol. The van der Waals surface area contributed by atoms with E-state index in [4.69, 9.17) is 0 Å². The lowest BCUT2D eigenvalue weighted by Crippen LogP contribution is -2.42. The quantitative estimate of drug-likeness (QED) is 0.552. The largest absolute Gasteiger partial charge is 0.299 e. The Hall–Kier alpha value is -2.62. The third-order valence-corrected chi connectivity index (χ3v) is 8.51. The number of rotatable bonds is 7. The summed E-state index contributed by atoms with van der Waals surface area (Å²) in [4.78, 5) is 2.56. The second-order valence-electron chi connectivity index (χ2n) is 9.27. The molecule has 0 aliphatic carbocycles. The zero-order chi connectivity index (χ0) is 24.5. The molecule has 1 saturated heterocycles.